The molecule has 0 saturated carbocycles. The van der Waals surface area contributed by atoms with Gasteiger partial charge in [0, 0.05) is 27.1 Å². The number of ketones is 1. The molecule has 7 nitrogen and oxygen atoms in total. The van der Waals surface area contributed by atoms with Crippen LogP contribution in [0.3, 0.4) is 0 Å². The van der Waals surface area contributed by atoms with Gasteiger partial charge in [-0.2, -0.15) is 0 Å². The highest BCUT2D eigenvalue weighted by Crippen LogP contribution is 2.00. The fraction of sp³-hybridized carbons (Fsp3) is 0.714. The van der Waals surface area contributed by atoms with Crippen LogP contribution in [0.5, 0.6) is 0 Å². The van der Waals surface area contributed by atoms with E-state index in [0.29, 0.717) is 0 Å². The second-order valence-corrected chi connectivity index (χ2v) is 5.55. The molecular formula is C14H25N3O4. The fourth-order valence-corrected chi connectivity index (χ4v) is 1.68. The summed E-state index contributed by atoms with van der Waals surface area (Å²) in [4.78, 5) is 50.3. The van der Waals surface area contributed by atoms with E-state index in [1.165, 1.54) is 35.7 Å². The van der Waals surface area contributed by atoms with Gasteiger partial charge in [0.15, 0.2) is 0 Å². The Balaban J connectivity index is 4.42. The molecular weight excluding hydrogens is 274 g/mol. The number of nitrogens with zero attached hydrogens (tertiary/aromatic N) is 3. The molecule has 0 bridgehead atoms. The first kappa shape index (κ1) is 19.1. The molecule has 0 aliphatic rings. The Morgan fingerprint density at radius 3 is 1.52 bits per heavy atom. The molecule has 0 aromatic rings. The lowest BCUT2D eigenvalue weighted by Crippen LogP contribution is -2.45. The van der Waals surface area contributed by atoms with Gasteiger partial charge >= 0.3 is 0 Å². The Labute approximate surface area is 125 Å². The molecule has 0 radical (unpaired) electrons. The average molecular weight is 299 g/mol. The maximum Gasteiger partial charge on any atom is 0.242 e. The van der Waals surface area contributed by atoms with Gasteiger partial charge in [-0.05, 0) is 6.92 Å². The van der Waals surface area contributed by atoms with Crippen molar-refractivity contribution in [2.45, 2.75) is 20.8 Å². The molecule has 0 aromatic carbocycles. The zero-order valence-corrected chi connectivity index (χ0v) is 13.7. The van der Waals surface area contributed by atoms with E-state index >= 15 is 0 Å². The highest BCUT2D eigenvalue weighted by molar-refractivity contribution is 5.90. The van der Waals surface area contributed by atoms with Crippen LogP contribution in [0.2, 0.25) is 0 Å². The zero-order valence-electron chi connectivity index (χ0n) is 13.7. The standard InChI is InChI=1S/C14H25N3O4/c1-10(2)14(21)17(6)9-13(20)16(5)8-12(19)15(4)7-11(3)18/h10H,7-9H2,1-6H3. The van der Waals surface area contributed by atoms with Crippen LogP contribution in [0.25, 0.3) is 0 Å². The van der Waals surface area contributed by atoms with Crippen molar-refractivity contribution in [3.05, 3.63) is 0 Å². The Morgan fingerprint density at radius 2 is 1.14 bits per heavy atom. The summed E-state index contributed by atoms with van der Waals surface area (Å²) in [7, 11) is 4.56. The topological polar surface area (TPSA) is 78.0 Å². The summed E-state index contributed by atoms with van der Waals surface area (Å²) in [6.07, 6.45) is 0. The predicted molar refractivity (Wildman–Crippen MR) is 78.4 cm³/mol. The normalized spacial score (nSPS) is 10.2. The molecule has 0 saturated heterocycles. The molecule has 0 unspecified atom stereocenters. The van der Waals surface area contributed by atoms with Crippen molar-refractivity contribution < 1.29 is 19.2 Å². The predicted octanol–water partition coefficient (Wildman–Crippen LogP) is -0.393. The van der Waals surface area contributed by atoms with Crippen molar-refractivity contribution >= 4 is 23.5 Å². The van der Waals surface area contributed by atoms with Gasteiger partial charge in [-0.15, -0.1) is 0 Å². The minimum absolute atomic E-state index is 0.0204. The lowest BCUT2D eigenvalue weighted by atomic mass is 10.2. The van der Waals surface area contributed by atoms with Crippen LogP contribution in [-0.4, -0.2) is 79.0 Å². The van der Waals surface area contributed by atoms with Crippen LogP contribution in [0.4, 0.5) is 0 Å². The van der Waals surface area contributed by atoms with Crippen LogP contribution in [0.15, 0.2) is 0 Å². The first-order chi connectivity index (χ1) is 9.56. The van der Waals surface area contributed by atoms with Crippen molar-refractivity contribution in [3.63, 3.8) is 0 Å². The quantitative estimate of drug-likeness (QED) is 0.641. The summed E-state index contributed by atoms with van der Waals surface area (Å²) in [5.74, 6) is -1.08. The molecule has 0 N–H and O–H groups in total. The number of amides is 3. The summed E-state index contributed by atoms with van der Waals surface area (Å²) in [5, 5.41) is 0. The molecule has 0 fully saturated rings. The van der Waals surface area contributed by atoms with Gasteiger partial charge in [0.1, 0.15) is 5.78 Å². The monoisotopic (exact) mass is 299 g/mol. The van der Waals surface area contributed by atoms with Crippen molar-refractivity contribution in [2.75, 3.05) is 40.8 Å². The first-order valence-electron chi connectivity index (χ1n) is 6.78. The van der Waals surface area contributed by atoms with Crippen molar-refractivity contribution in [1.82, 2.24) is 14.7 Å². The van der Waals surface area contributed by atoms with Gasteiger partial charge in [0.25, 0.3) is 0 Å². The fourth-order valence-electron chi connectivity index (χ4n) is 1.68. The van der Waals surface area contributed by atoms with Crippen LogP contribution in [0, 0.1) is 5.92 Å². The summed E-state index contributed by atoms with van der Waals surface area (Å²) in [6.45, 7) is 4.74. The maximum absolute atomic E-state index is 12.0. The average Bonchev–Trinajstić information content (AvgIpc) is 2.36. The number of carbonyl (C=O) groups excluding carboxylic acids is 4. The van der Waals surface area contributed by atoms with E-state index in [1.807, 2.05) is 0 Å². The van der Waals surface area contributed by atoms with Crippen LogP contribution in [0.1, 0.15) is 20.8 Å². The van der Waals surface area contributed by atoms with E-state index in [-0.39, 0.29) is 49.1 Å². The highest BCUT2D eigenvalue weighted by Gasteiger charge is 2.20. The van der Waals surface area contributed by atoms with E-state index in [9.17, 15) is 19.2 Å². The second kappa shape index (κ2) is 8.39. The smallest absolute Gasteiger partial charge is 0.242 e. The van der Waals surface area contributed by atoms with Crippen LogP contribution < -0.4 is 0 Å². The van der Waals surface area contributed by atoms with Crippen LogP contribution in [-0.2, 0) is 19.2 Å². The lowest BCUT2D eigenvalue weighted by Gasteiger charge is -2.24. The molecule has 0 atom stereocenters. The molecule has 21 heavy (non-hydrogen) atoms. The minimum atomic E-state index is -0.323. The van der Waals surface area contributed by atoms with Crippen molar-refractivity contribution in [1.29, 1.82) is 0 Å². The van der Waals surface area contributed by atoms with Gasteiger partial charge in [0.05, 0.1) is 19.6 Å². The molecule has 0 rings (SSSR count). The largest absolute Gasteiger partial charge is 0.337 e. The SMILES string of the molecule is CC(=O)CN(C)C(=O)CN(C)C(=O)CN(C)C(=O)C(C)C. The Hall–Kier alpha value is -1.92. The number of hydrogen-bond donors (Lipinski definition) is 0. The van der Waals surface area contributed by atoms with Crippen molar-refractivity contribution in [3.8, 4) is 0 Å². The Kier molecular flexibility index (Phi) is 7.62. The lowest BCUT2D eigenvalue weighted by molar-refractivity contribution is -0.143. The number of likely N-dealkylation sites (N-methyl/N-ethyl adjacent to an activating group) is 3. The highest BCUT2D eigenvalue weighted by atomic mass is 16.2. The maximum atomic E-state index is 12.0. The first-order valence-corrected chi connectivity index (χ1v) is 6.78. The summed E-state index contributed by atoms with van der Waals surface area (Å²) in [6, 6.07) is 0. The van der Waals surface area contributed by atoms with Crippen molar-refractivity contribution in [2.24, 2.45) is 5.92 Å². The van der Waals surface area contributed by atoms with E-state index in [1.54, 1.807) is 20.9 Å². The van der Waals surface area contributed by atoms with Gasteiger partial charge in [-0.1, -0.05) is 13.8 Å². The van der Waals surface area contributed by atoms with E-state index < -0.39 is 0 Å². The van der Waals surface area contributed by atoms with Gasteiger partial charge < -0.3 is 14.7 Å². The molecule has 120 valence electrons. The molecule has 0 aliphatic heterocycles. The minimum Gasteiger partial charge on any atom is -0.337 e. The third-order valence-electron chi connectivity index (χ3n) is 2.93. The third-order valence-corrected chi connectivity index (χ3v) is 2.93. The van der Waals surface area contributed by atoms with Gasteiger partial charge in [-0.3, -0.25) is 19.2 Å². The number of carbonyl (C=O) groups is 4. The van der Waals surface area contributed by atoms with E-state index in [4.69, 9.17) is 0 Å². The van der Waals surface area contributed by atoms with Crippen LogP contribution >= 0.6 is 0 Å². The van der Waals surface area contributed by atoms with Gasteiger partial charge in [0.2, 0.25) is 17.7 Å². The van der Waals surface area contributed by atoms with E-state index in [0.717, 1.165) is 0 Å². The number of rotatable bonds is 7. The second-order valence-electron chi connectivity index (χ2n) is 5.55. The summed E-state index contributed by atoms with van der Waals surface area (Å²) in [5.41, 5.74) is 0. The van der Waals surface area contributed by atoms with Gasteiger partial charge in [-0.25, -0.2) is 0 Å². The Morgan fingerprint density at radius 1 is 0.762 bits per heavy atom. The van der Waals surface area contributed by atoms with E-state index in [2.05, 4.69) is 0 Å². The Bertz CT molecular complexity index is 420. The molecule has 3 amide bonds. The number of hydrogen-bond acceptors (Lipinski definition) is 4. The third kappa shape index (κ3) is 6.87. The molecule has 7 heteroatoms. The molecule has 0 spiro atoms. The summed E-state index contributed by atoms with van der Waals surface area (Å²) >= 11 is 0. The summed E-state index contributed by atoms with van der Waals surface area (Å²) < 4.78 is 0. The molecule has 0 aromatic heterocycles. The molecule has 0 heterocycles. The molecule has 0 aliphatic carbocycles. The number of Topliss-reactive ketones (excluding diaryl/α,β-unsaturated/α-hetero) is 1. The zero-order chi connectivity index (χ0) is 16.7.